The number of aromatic nitrogens is 3. The molecule has 4 heterocycles. The maximum Gasteiger partial charge on any atom is 0.167 e. The van der Waals surface area contributed by atoms with Crippen molar-refractivity contribution in [1.82, 2.24) is 20.3 Å². The van der Waals surface area contributed by atoms with Crippen LogP contribution >= 0.6 is 0 Å². The Labute approximate surface area is 336 Å². The summed E-state index contributed by atoms with van der Waals surface area (Å²) in [4.78, 5) is 13.8. The number of nitrogens with zero attached hydrogens (tertiary/aromatic N) is 3. The van der Waals surface area contributed by atoms with Crippen molar-refractivity contribution in [3.05, 3.63) is 180 Å². The fourth-order valence-electron chi connectivity index (χ4n) is 6.90. The van der Waals surface area contributed by atoms with E-state index in [2.05, 4.69) is 20.3 Å². The summed E-state index contributed by atoms with van der Waals surface area (Å²) in [5, 5.41) is 46.0. The molecule has 0 bridgehead atoms. The van der Waals surface area contributed by atoms with Gasteiger partial charge in [0, 0.05) is 28.5 Å². The molecule has 0 amide bonds. The van der Waals surface area contributed by atoms with Gasteiger partial charge in [0.05, 0.1) is 48.4 Å². The highest BCUT2D eigenvalue weighted by atomic mass is 16.5. The third kappa shape index (κ3) is 7.76. The molecule has 8 rings (SSSR count). The van der Waals surface area contributed by atoms with Gasteiger partial charge in [-0.1, -0.05) is 60.7 Å². The van der Waals surface area contributed by atoms with E-state index in [0.717, 1.165) is 22.5 Å². The Kier molecular flexibility index (Phi) is 11.1. The molecule has 1 aliphatic heterocycles. The first-order valence-electron chi connectivity index (χ1n) is 18.5. The minimum Gasteiger partial charge on any atom is -0.508 e. The van der Waals surface area contributed by atoms with Gasteiger partial charge in [0.15, 0.2) is 23.0 Å². The van der Waals surface area contributed by atoms with E-state index < -0.39 is 5.54 Å². The summed E-state index contributed by atoms with van der Waals surface area (Å²) in [6.45, 7) is 3.85. The minimum atomic E-state index is -1.02. The highest BCUT2D eigenvalue weighted by Gasteiger charge is 2.39. The lowest BCUT2D eigenvalue weighted by molar-refractivity contribution is 0.363. The minimum absolute atomic E-state index is 0.00870. The second-order valence-corrected chi connectivity index (χ2v) is 13.7. The van der Waals surface area contributed by atoms with Gasteiger partial charge in [0.1, 0.15) is 17.0 Å². The average Bonchev–Trinajstić information content (AvgIpc) is 3.24. The first-order chi connectivity index (χ1) is 28.1. The van der Waals surface area contributed by atoms with Gasteiger partial charge in [0.2, 0.25) is 0 Å². The standard InChI is InChI=1S/C24H20N2O3.C24H22N2O3/c1-15-12-13-16(22(27)14-15)18-7-4-9-20(25-18)21-10-5-8-19(26-21)17-6-3-11-23(29-2)24(17)28;1-16-11-12-17(21(27)15-16)24(18-7-5-10-22(29-2)23(18)28)13-6-9-20(26-24)19-8-3-4-14-25-19/h3-14,27-28H,1-2H3;3-15,26-28H,1-2H3. The highest BCUT2D eigenvalue weighted by molar-refractivity contribution is 5.74. The van der Waals surface area contributed by atoms with Gasteiger partial charge in [-0.3, -0.25) is 4.98 Å². The number of benzene rings is 4. The number of rotatable bonds is 8. The number of aromatic hydroxyl groups is 4. The second-order valence-electron chi connectivity index (χ2n) is 13.7. The number of aryl methyl sites for hydroxylation is 2. The van der Waals surface area contributed by atoms with E-state index in [-0.39, 0.29) is 23.0 Å². The molecule has 7 aromatic rings. The fraction of sp³-hybridized carbons (Fsp3) is 0.104. The number of para-hydroxylation sites is 2. The van der Waals surface area contributed by atoms with Crippen molar-refractivity contribution < 1.29 is 29.9 Å². The average molecular weight is 771 g/mol. The zero-order chi connectivity index (χ0) is 40.8. The Bertz CT molecular complexity index is 2660. The Morgan fingerprint density at radius 1 is 0.534 bits per heavy atom. The van der Waals surface area contributed by atoms with Crippen LogP contribution in [0, 0.1) is 13.8 Å². The molecule has 1 atom stereocenters. The van der Waals surface area contributed by atoms with E-state index in [1.807, 2.05) is 123 Å². The fourth-order valence-corrected chi connectivity index (χ4v) is 6.90. The summed E-state index contributed by atoms with van der Waals surface area (Å²) >= 11 is 0. The molecule has 4 aromatic carbocycles. The predicted molar refractivity (Wildman–Crippen MR) is 226 cm³/mol. The van der Waals surface area contributed by atoms with Crippen LogP contribution in [-0.4, -0.2) is 49.6 Å². The maximum absolute atomic E-state index is 11.0. The van der Waals surface area contributed by atoms with E-state index in [1.54, 1.807) is 42.6 Å². The summed E-state index contributed by atoms with van der Waals surface area (Å²) in [6.07, 6.45) is 7.46. The van der Waals surface area contributed by atoms with Crippen LogP contribution in [0.2, 0.25) is 0 Å². The topological polar surface area (TPSA) is 150 Å². The Morgan fingerprint density at radius 2 is 1.12 bits per heavy atom. The number of pyridine rings is 3. The van der Waals surface area contributed by atoms with Gasteiger partial charge in [-0.2, -0.15) is 0 Å². The van der Waals surface area contributed by atoms with Crippen LogP contribution in [-0.2, 0) is 5.54 Å². The van der Waals surface area contributed by atoms with Crippen LogP contribution in [0.15, 0.2) is 152 Å². The van der Waals surface area contributed by atoms with Crippen molar-refractivity contribution in [2.45, 2.75) is 19.4 Å². The van der Waals surface area contributed by atoms with E-state index in [1.165, 1.54) is 14.2 Å². The molecule has 5 N–H and O–H groups in total. The monoisotopic (exact) mass is 770 g/mol. The summed E-state index contributed by atoms with van der Waals surface area (Å²) in [5.74, 6) is 1.13. The lowest BCUT2D eigenvalue weighted by Gasteiger charge is -2.37. The first kappa shape index (κ1) is 38.7. The van der Waals surface area contributed by atoms with Crippen molar-refractivity contribution in [3.8, 4) is 68.4 Å². The molecule has 10 nitrogen and oxygen atoms in total. The van der Waals surface area contributed by atoms with E-state index >= 15 is 0 Å². The van der Waals surface area contributed by atoms with Gasteiger partial charge >= 0.3 is 0 Å². The highest BCUT2D eigenvalue weighted by Crippen LogP contribution is 2.46. The molecular weight excluding hydrogens is 729 g/mol. The van der Waals surface area contributed by atoms with Crippen molar-refractivity contribution in [1.29, 1.82) is 0 Å². The number of methoxy groups -OCH3 is 2. The second kappa shape index (κ2) is 16.6. The molecule has 1 unspecified atom stereocenters. The quantitative estimate of drug-likeness (QED) is 0.101. The molecule has 10 heteroatoms. The Balaban J connectivity index is 0.000000177. The van der Waals surface area contributed by atoms with E-state index in [9.17, 15) is 20.4 Å². The Hall–Kier alpha value is -7.59. The van der Waals surface area contributed by atoms with Gasteiger partial charge in [0.25, 0.3) is 0 Å². The van der Waals surface area contributed by atoms with Crippen molar-refractivity contribution >= 4 is 5.70 Å². The zero-order valence-electron chi connectivity index (χ0n) is 32.4. The third-order valence-corrected chi connectivity index (χ3v) is 9.79. The molecule has 0 radical (unpaired) electrons. The number of hydrogen-bond acceptors (Lipinski definition) is 10. The van der Waals surface area contributed by atoms with Gasteiger partial charge in [-0.05, 0) is 110 Å². The molecule has 3 aromatic heterocycles. The molecule has 0 saturated heterocycles. The number of nitrogens with one attached hydrogen (secondary N) is 1. The van der Waals surface area contributed by atoms with Crippen molar-refractivity contribution in [2.24, 2.45) is 0 Å². The summed E-state index contributed by atoms with van der Waals surface area (Å²) < 4.78 is 10.5. The molecule has 0 saturated carbocycles. The number of phenolic OH excluding ortho intramolecular Hbond substituents is 4. The normalized spacial score (nSPS) is 14.4. The van der Waals surface area contributed by atoms with Crippen molar-refractivity contribution in [2.75, 3.05) is 14.2 Å². The molecular formula is C48H42N4O6. The number of dihydropyridines is 1. The van der Waals surface area contributed by atoms with E-state index in [0.29, 0.717) is 56.5 Å². The molecule has 58 heavy (non-hydrogen) atoms. The lowest BCUT2D eigenvalue weighted by Crippen LogP contribution is -2.42. The molecule has 290 valence electrons. The SMILES string of the molecule is COc1cccc(-c2cccc(-c3cccc(-c4ccc(C)cc4O)n3)n2)c1O.COc1cccc(C2(c3ccc(C)cc3O)C=CC=C(c3ccccn3)N2)c1O. The third-order valence-electron chi connectivity index (χ3n) is 9.79. The van der Waals surface area contributed by atoms with Crippen LogP contribution < -0.4 is 14.8 Å². The van der Waals surface area contributed by atoms with Crippen LogP contribution in [0.25, 0.3) is 39.6 Å². The lowest BCUT2D eigenvalue weighted by atomic mass is 9.79. The van der Waals surface area contributed by atoms with Crippen LogP contribution in [0.3, 0.4) is 0 Å². The number of hydrogen-bond donors (Lipinski definition) is 5. The summed E-state index contributed by atoms with van der Waals surface area (Å²) in [6, 6.07) is 38.5. The van der Waals surface area contributed by atoms with Crippen LogP contribution in [0.4, 0.5) is 0 Å². The Morgan fingerprint density at radius 3 is 1.76 bits per heavy atom. The summed E-state index contributed by atoms with van der Waals surface area (Å²) in [5.41, 5.74) is 7.48. The summed E-state index contributed by atoms with van der Waals surface area (Å²) in [7, 11) is 3.02. The van der Waals surface area contributed by atoms with Gasteiger partial charge < -0.3 is 35.2 Å². The van der Waals surface area contributed by atoms with Gasteiger partial charge in [-0.25, -0.2) is 9.97 Å². The number of allylic oxidation sites excluding steroid dienone is 2. The van der Waals surface area contributed by atoms with Crippen molar-refractivity contribution in [3.63, 3.8) is 0 Å². The molecule has 0 aliphatic carbocycles. The smallest absolute Gasteiger partial charge is 0.167 e. The van der Waals surface area contributed by atoms with Crippen LogP contribution in [0.1, 0.15) is 27.9 Å². The first-order valence-corrected chi connectivity index (χ1v) is 18.5. The molecule has 0 spiro atoms. The molecule has 0 fully saturated rings. The number of ether oxygens (including phenoxy) is 2. The largest absolute Gasteiger partial charge is 0.508 e. The maximum atomic E-state index is 11.0. The predicted octanol–water partition coefficient (Wildman–Crippen LogP) is 9.46. The zero-order valence-corrected chi connectivity index (χ0v) is 32.4. The van der Waals surface area contributed by atoms with Gasteiger partial charge in [-0.15, -0.1) is 0 Å². The number of phenols is 4. The van der Waals surface area contributed by atoms with Crippen LogP contribution in [0.5, 0.6) is 34.5 Å². The molecule has 1 aliphatic rings. The van der Waals surface area contributed by atoms with E-state index in [4.69, 9.17) is 9.47 Å².